The number of pyridine rings is 1. The van der Waals surface area contributed by atoms with Crippen LogP contribution in [0.5, 0.6) is 5.75 Å². The molecule has 3 rings (SSSR count). The van der Waals surface area contributed by atoms with E-state index in [2.05, 4.69) is 26.2 Å². The molecule has 0 amide bonds. The molecule has 108 valence electrons. The Bertz CT molecular complexity index is 693. The number of nitro groups is 1. The Balaban J connectivity index is 1.86. The first kappa shape index (κ1) is 13.8. The van der Waals surface area contributed by atoms with Gasteiger partial charge in [-0.05, 0) is 22.0 Å². The molecular weight excluding hydrogens is 338 g/mol. The van der Waals surface area contributed by atoms with Gasteiger partial charge >= 0.3 is 0 Å². The molecule has 1 unspecified atom stereocenters. The van der Waals surface area contributed by atoms with Crippen molar-refractivity contribution in [2.75, 3.05) is 11.9 Å². The first-order valence-corrected chi connectivity index (χ1v) is 7.22. The minimum Gasteiger partial charge on any atom is -0.493 e. The summed E-state index contributed by atoms with van der Waals surface area (Å²) < 4.78 is 6.18. The van der Waals surface area contributed by atoms with E-state index in [9.17, 15) is 10.1 Å². The molecule has 0 saturated carbocycles. The molecule has 7 heteroatoms. The second-order valence-electron chi connectivity index (χ2n) is 4.65. The Morgan fingerprint density at radius 3 is 3.00 bits per heavy atom. The summed E-state index contributed by atoms with van der Waals surface area (Å²) in [5, 5.41) is 14.0. The van der Waals surface area contributed by atoms with Crippen LogP contribution in [-0.4, -0.2) is 16.5 Å². The largest absolute Gasteiger partial charge is 0.493 e. The fourth-order valence-corrected chi connectivity index (χ4v) is 2.74. The van der Waals surface area contributed by atoms with E-state index in [1.807, 2.05) is 24.3 Å². The number of halogens is 1. The lowest BCUT2D eigenvalue weighted by Crippen LogP contribution is -2.21. The lowest BCUT2D eigenvalue weighted by Gasteiger charge is -2.27. The normalized spacial score (nSPS) is 16.7. The zero-order valence-electron chi connectivity index (χ0n) is 11.0. The van der Waals surface area contributed by atoms with Crippen LogP contribution in [0.15, 0.2) is 41.0 Å². The zero-order chi connectivity index (χ0) is 14.8. The van der Waals surface area contributed by atoms with Gasteiger partial charge in [0, 0.05) is 18.1 Å². The molecule has 2 heterocycles. The van der Waals surface area contributed by atoms with Crippen molar-refractivity contribution in [1.29, 1.82) is 0 Å². The highest BCUT2D eigenvalue weighted by Gasteiger charge is 2.22. The van der Waals surface area contributed by atoms with Gasteiger partial charge in [0.25, 0.3) is 5.69 Å². The van der Waals surface area contributed by atoms with Crippen LogP contribution < -0.4 is 10.1 Å². The topological polar surface area (TPSA) is 77.3 Å². The van der Waals surface area contributed by atoms with Gasteiger partial charge in [0.05, 0.1) is 22.0 Å². The predicted molar refractivity (Wildman–Crippen MR) is 81.5 cm³/mol. The number of anilines is 1. The Morgan fingerprint density at radius 1 is 1.43 bits per heavy atom. The van der Waals surface area contributed by atoms with E-state index in [0.717, 1.165) is 17.7 Å². The molecule has 0 saturated heterocycles. The van der Waals surface area contributed by atoms with Crippen molar-refractivity contribution in [1.82, 2.24) is 4.98 Å². The second-order valence-corrected chi connectivity index (χ2v) is 5.51. The maximum absolute atomic E-state index is 10.7. The molecule has 1 aliphatic rings. The predicted octanol–water partition coefficient (Wildman–Crippen LogP) is 3.69. The van der Waals surface area contributed by atoms with E-state index in [1.54, 1.807) is 0 Å². The SMILES string of the molecule is O=[N+]([O-])c1cnc(NC2CCOc3ccccc32)c(Br)c1. The van der Waals surface area contributed by atoms with Crippen molar-refractivity contribution in [2.45, 2.75) is 12.5 Å². The number of aromatic nitrogens is 1. The van der Waals surface area contributed by atoms with E-state index in [1.165, 1.54) is 12.3 Å². The fourth-order valence-electron chi connectivity index (χ4n) is 2.29. The molecule has 1 N–H and O–H groups in total. The van der Waals surface area contributed by atoms with Gasteiger partial charge in [-0.15, -0.1) is 0 Å². The van der Waals surface area contributed by atoms with Crippen LogP contribution in [0.3, 0.4) is 0 Å². The number of fused-ring (bicyclic) bond motifs is 1. The van der Waals surface area contributed by atoms with Gasteiger partial charge in [-0.1, -0.05) is 18.2 Å². The molecular formula is C14H12BrN3O3. The van der Waals surface area contributed by atoms with E-state index in [0.29, 0.717) is 16.9 Å². The Labute approximate surface area is 129 Å². The zero-order valence-corrected chi connectivity index (χ0v) is 12.5. The molecule has 1 aromatic carbocycles. The number of nitrogens with zero attached hydrogens (tertiary/aromatic N) is 2. The van der Waals surface area contributed by atoms with Gasteiger partial charge in [-0.25, -0.2) is 4.98 Å². The van der Waals surface area contributed by atoms with Crippen LogP contribution in [0, 0.1) is 10.1 Å². The molecule has 1 aliphatic heterocycles. The van der Waals surface area contributed by atoms with Gasteiger partial charge in [0.15, 0.2) is 0 Å². The molecule has 0 spiro atoms. The number of hydrogen-bond donors (Lipinski definition) is 1. The summed E-state index contributed by atoms with van der Waals surface area (Å²) in [5.74, 6) is 1.45. The third-order valence-electron chi connectivity index (χ3n) is 3.31. The minimum absolute atomic E-state index is 0.0418. The van der Waals surface area contributed by atoms with Crippen LogP contribution >= 0.6 is 15.9 Å². The summed E-state index contributed by atoms with van der Waals surface area (Å²) in [6.07, 6.45) is 2.06. The van der Waals surface area contributed by atoms with E-state index in [4.69, 9.17) is 4.74 Å². The van der Waals surface area contributed by atoms with Crippen LogP contribution in [0.1, 0.15) is 18.0 Å². The number of para-hydroxylation sites is 1. The summed E-state index contributed by atoms with van der Waals surface area (Å²) in [4.78, 5) is 14.4. The van der Waals surface area contributed by atoms with Crippen molar-refractivity contribution < 1.29 is 9.66 Å². The second kappa shape index (κ2) is 5.69. The first-order valence-electron chi connectivity index (χ1n) is 6.43. The molecule has 0 radical (unpaired) electrons. The van der Waals surface area contributed by atoms with Crippen molar-refractivity contribution >= 4 is 27.4 Å². The summed E-state index contributed by atoms with van der Waals surface area (Å²) in [7, 11) is 0. The Hall–Kier alpha value is -2.15. The Kier molecular flexibility index (Phi) is 3.74. The molecule has 1 atom stereocenters. The molecule has 0 fully saturated rings. The molecule has 1 aromatic heterocycles. The van der Waals surface area contributed by atoms with Crippen molar-refractivity contribution in [3.63, 3.8) is 0 Å². The first-order chi connectivity index (χ1) is 10.1. The van der Waals surface area contributed by atoms with Crippen molar-refractivity contribution in [2.24, 2.45) is 0 Å². The molecule has 6 nitrogen and oxygen atoms in total. The molecule has 2 aromatic rings. The van der Waals surface area contributed by atoms with E-state index in [-0.39, 0.29) is 11.7 Å². The molecule has 21 heavy (non-hydrogen) atoms. The summed E-state index contributed by atoms with van der Waals surface area (Å²) in [6.45, 7) is 0.624. The average molecular weight is 350 g/mol. The smallest absolute Gasteiger partial charge is 0.288 e. The van der Waals surface area contributed by atoms with Crippen LogP contribution in [0.25, 0.3) is 0 Å². The quantitative estimate of drug-likeness (QED) is 0.675. The average Bonchev–Trinajstić information content (AvgIpc) is 2.49. The van der Waals surface area contributed by atoms with Crippen molar-refractivity contribution in [3.8, 4) is 5.75 Å². The standard InChI is InChI=1S/C14H12BrN3O3/c15-11-7-9(18(19)20)8-16-14(11)17-12-5-6-21-13-4-2-1-3-10(12)13/h1-4,7-8,12H,5-6H2,(H,16,17). The number of benzene rings is 1. The summed E-state index contributed by atoms with van der Waals surface area (Å²) in [6, 6.07) is 9.34. The van der Waals surface area contributed by atoms with E-state index < -0.39 is 4.92 Å². The van der Waals surface area contributed by atoms with Gasteiger partial charge in [0.2, 0.25) is 0 Å². The molecule has 0 aliphatic carbocycles. The third-order valence-corrected chi connectivity index (χ3v) is 3.91. The number of ether oxygens (including phenoxy) is 1. The van der Waals surface area contributed by atoms with E-state index >= 15 is 0 Å². The maximum atomic E-state index is 10.7. The Morgan fingerprint density at radius 2 is 2.24 bits per heavy atom. The lowest BCUT2D eigenvalue weighted by molar-refractivity contribution is -0.385. The molecule has 0 bridgehead atoms. The highest BCUT2D eigenvalue weighted by atomic mass is 79.9. The van der Waals surface area contributed by atoms with Gasteiger partial charge in [0.1, 0.15) is 17.8 Å². The van der Waals surface area contributed by atoms with Gasteiger partial charge in [-0.3, -0.25) is 10.1 Å². The fraction of sp³-hybridized carbons (Fsp3) is 0.214. The van der Waals surface area contributed by atoms with Crippen LogP contribution in [0.4, 0.5) is 11.5 Å². The highest BCUT2D eigenvalue weighted by molar-refractivity contribution is 9.10. The lowest BCUT2D eigenvalue weighted by atomic mass is 10.0. The highest BCUT2D eigenvalue weighted by Crippen LogP contribution is 2.35. The number of rotatable bonds is 3. The third kappa shape index (κ3) is 2.82. The minimum atomic E-state index is -0.467. The number of nitrogens with one attached hydrogen (secondary N) is 1. The maximum Gasteiger partial charge on any atom is 0.288 e. The monoisotopic (exact) mass is 349 g/mol. The van der Waals surface area contributed by atoms with Gasteiger partial charge in [-0.2, -0.15) is 0 Å². The summed E-state index contributed by atoms with van der Waals surface area (Å²) >= 11 is 3.32. The van der Waals surface area contributed by atoms with Crippen molar-refractivity contribution in [3.05, 3.63) is 56.7 Å². The van der Waals surface area contributed by atoms with Crippen LogP contribution in [-0.2, 0) is 0 Å². The van der Waals surface area contributed by atoms with Gasteiger partial charge < -0.3 is 10.1 Å². The summed E-state index contributed by atoms with van der Waals surface area (Å²) in [5.41, 5.74) is 1.02. The van der Waals surface area contributed by atoms with Crippen LogP contribution in [0.2, 0.25) is 0 Å². The number of hydrogen-bond acceptors (Lipinski definition) is 5.